The number of benzene rings is 2. The fourth-order valence-electron chi connectivity index (χ4n) is 5.62. The largest absolute Gasteiger partial charge is 0.489 e. The van der Waals surface area contributed by atoms with Gasteiger partial charge in [0, 0.05) is 23.5 Å². The molecule has 2 fully saturated rings. The summed E-state index contributed by atoms with van der Waals surface area (Å²) >= 11 is 0. The Hall–Kier alpha value is -2.16. The number of hydrogen-bond acceptors (Lipinski definition) is 3. The highest BCUT2D eigenvalue weighted by molar-refractivity contribution is 5.56. The molecule has 3 nitrogen and oxygen atoms in total. The van der Waals surface area contributed by atoms with Gasteiger partial charge in [-0.15, -0.1) is 0 Å². The van der Waals surface area contributed by atoms with E-state index < -0.39 is 0 Å². The fraction of sp³-hybridized carbons (Fsp3) is 0.429. The van der Waals surface area contributed by atoms with Crippen molar-refractivity contribution in [3.05, 3.63) is 53.6 Å². The van der Waals surface area contributed by atoms with Crippen molar-refractivity contribution >= 4 is 0 Å². The SMILES string of the molecule is c1ccc([C@H]2c3cc4c(cc3O[C@@H]3[C@H]5CC[C@H](C5)[C@H]23)OCO4)cc1. The highest BCUT2D eigenvalue weighted by Crippen LogP contribution is 2.60. The van der Waals surface area contributed by atoms with Crippen LogP contribution in [0.25, 0.3) is 0 Å². The van der Waals surface area contributed by atoms with E-state index in [1.165, 1.54) is 30.4 Å². The Morgan fingerprint density at radius 3 is 2.50 bits per heavy atom. The molecule has 2 aromatic carbocycles. The van der Waals surface area contributed by atoms with Crippen LogP contribution in [0, 0.1) is 17.8 Å². The van der Waals surface area contributed by atoms with Crippen molar-refractivity contribution in [3.8, 4) is 17.2 Å². The van der Waals surface area contributed by atoms with Crippen molar-refractivity contribution in [2.24, 2.45) is 17.8 Å². The van der Waals surface area contributed by atoms with E-state index in [2.05, 4.69) is 42.5 Å². The summed E-state index contributed by atoms with van der Waals surface area (Å²) in [6, 6.07) is 15.2. The summed E-state index contributed by atoms with van der Waals surface area (Å²) in [4.78, 5) is 0. The molecule has 0 amide bonds. The Labute approximate surface area is 141 Å². The van der Waals surface area contributed by atoms with Crippen LogP contribution in [0.1, 0.15) is 36.3 Å². The highest BCUT2D eigenvalue weighted by atomic mass is 16.7. The zero-order valence-electron chi connectivity index (χ0n) is 13.5. The van der Waals surface area contributed by atoms with E-state index in [0.29, 0.717) is 24.7 Å². The van der Waals surface area contributed by atoms with E-state index in [4.69, 9.17) is 14.2 Å². The van der Waals surface area contributed by atoms with Crippen LogP contribution in [0.15, 0.2) is 42.5 Å². The van der Waals surface area contributed by atoms with Crippen LogP contribution in [-0.4, -0.2) is 12.9 Å². The van der Waals surface area contributed by atoms with Gasteiger partial charge >= 0.3 is 0 Å². The van der Waals surface area contributed by atoms with Gasteiger partial charge in [-0.2, -0.15) is 0 Å². The Morgan fingerprint density at radius 2 is 1.62 bits per heavy atom. The number of rotatable bonds is 1. The Kier molecular flexibility index (Phi) is 2.57. The second-order valence-corrected chi connectivity index (χ2v) is 7.62. The lowest BCUT2D eigenvalue weighted by Crippen LogP contribution is -2.40. The van der Waals surface area contributed by atoms with Crippen LogP contribution in [0.3, 0.4) is 0 Å². The summed E-state index contributed by atoms with van der Waals surface area (Å²) in [5.41, 5.74) is 2.68. The maximum Gasteiger partial charge on any atom is 0.231 e. The summed E-state index contributed by atoms with van der Waals surface area (Å²) in [6.45, 7) is 0.312. The van der Waals surface area contributed by atoms with Gasteiger partial charge in [-0.3, -0.25) is 0 Å². The minimum Gasteiger partial charge on any atom is -0.489 e. The van der Waals surface area contributed by atoms with Crippen LogP contribution >= 0.6 is 0 Å². The van der Waals surface area contributed by atoms with Gasteiger partial charge in [-0.05, 0) is 42.7 Å². The van der Waals surface area contributed by atoms with Crippen molar-refractivity contribution in [3.63, 3.8) is 0 Å². The summed E-state index contributed by atoms with van der Waals surface area (Å²) in [6.07, 6.45) is 4.38. The topological polar surface area (TPSA) is 27.7 Å². The average molecular weight is 320 g/mol. The Bertz CT molecular complexity index is 800. The van der Waals surface area contributed by atoms with Gasteiger partial charge in [-0.25, -0.2) is 0 Å². The van der Waals surface area contributed by atoms with Crippen LogP contribution in [-0.2, 0) is 0 Å². The lowest BCUT2D eigenvalue weighted by Gasteiger charge is -2.42. The highest BCUT2D eigenvalue weighted by Gasteiger charge is 2.55. The number of ether oxygens (including phenoxy) is 3. The zero-order chi connectivity index (χ0) is 15.7. The predicted octanol–water partition coefficient (Wildman–Crippen LogP) is 4.35. The molecule has 4 aliphatic rings. The van der Waals surface area contributed by atoms with Crippen molar-refractivity contribution < 1.29 is 14.2 Å². The smallest absolute Gasteiger partial charge is 0.231 e. The average Bonchev–Trinajstić information content (AvgIpc) is 3.34. The van der Waals surface area contributed by atoms with Gasteiger partial charge in [0.25, 0.3) is 0 Å². The van der Waals surface area contributed by atoms with Crippen molar-refractivity contribution in [2.75, 3.05) is 6.79 Å². The van der Waals surface area contributed by atoms with Crippen LogP contribution in [0.2, 0.25) is 0 Å². The molecule has 24 heavy (non-hydrogen) atoms. The predicted molar refractivity (Wildman–Crippen MR) is 89.6 cm³/mol. The van der Waals surface area contributed by atoms with Gasteiger partial charge in [0.2, 0.25) is 6.79 Å². The standard InChI is InChI=1S/C21H20O3/c1-2-4-12(5-3-1)19-15-9-17-18(23-11-22-17)10-16(15)24-21-14-7-6-13(8-14)20(19)21/h1-5,9-10,13-14,19-21H,6-8,11H2/t13-,14+,19+,20-,21-/m1/s1. The summed E-state index contributed by atoms with van der Waals surface area (Å²) in [7, 11) is 0. The first kappa shape index (κ1) is 13.2. The quantitative estimate of drug-likeness (QED) is 0.781. The molecule has 0 spiro atoms. The van der Waals surface area contributed by atoms with Crippen LogP contribution in [0.5, 0.6) is 17.2 Å². The molecule has 0 aromatic heterocycles. The molecule has 6 rings (SSSR count). The Balaban J connectivity index is 1.55. The van der Waals surface area contributed by atoms with E-state index in [0.717, 1.165) is 29.1 Å². The molecule has 2 aliphatic heterocycles. The normalized spacial score (nSPS) is 34.6. The monoisotopic (exact) mass is 320 g/mol. The minimum absolute atomic E-state index is 0.312. The third-order valence-electron chi connectivity index (χ3n) is 6.55. The van der Waals surface area contributed by atoms with E-state index in [9.17, 15) is 0 Å². The third kappa shape index (κ3) is 1.68. The van der Waals surface area contributed by atoms with E-state index in [-0.39, 0.29) is 0 Å². The molecule has 3 heteroatoms. The van der Waals surface area contributed by atoms with Crippen LogP contribution in [0.4, 0.5) is 0 Å². The van der Waals surface area contributed by atoms with Gasteiger partial charge in [0.15, 0.2) is 11.5 Å². The zero-order valence-corrected chi connectivity index (χ0v) is 13.5. The van der Waals surface area contributed by atoms with E-state index >= 15 is 0 Å². The molecular weight excluding hydrogens is 300 g/mol. The Morgan fingerprint density at radius 1 is 0.833 bits per heavy atom. The first-order valence-electron chi connectivity index (χ1n) is 9.03. The molecule has 2 saturated carbocycles. The lowest BCUT2D eigenvalue weighted by molar-refractivity contribution is 0.0541. The molecule has 2 aliphatic carbocycles. The fourth-order valence-corrected chi connectivity index (χ4v) is 5.62. The molecule has 2 bridgehead atoms. The van der Waals surface area contributed by atoms with Crippen molar-refractivity contribution in [1.29, 1.82) is 0 Å². The number of hydrogen-bond donors (Lipinski definition) is 0. The van der Waals surface area contributed by atoms with Gasteiger partial charge < -0.3 is 14.2 Å². The first-order chi connectivity index (χ1) is 11.9. The molecule has 122 valence electrons. The molecule has 0 unspecified atom stereocenters. The van der Waals surface area contributed by atoms with Gasteiger partial charge in [0.1, 0.15) is 11.9 Å². The summed E-state index contributed by atoms with van der Waals surface area (Å²) in [5, 5.41) is 0. The maximum absolute atomic E-state index is 6.53. The van der Waals surface area contributed by atoms with Crippen molar-refractivity contribution in [1.82, 2.24) is 0 Å². The first-order valence-corrected chi connectivity index (χ1v) is 9.03. The lowest BCUT2D eigenvalue weighted by atomic mass is 9.70. The number of fused-ring (bicyclic) bond motifs is 7. The second-order valence-electron chi connectivity index (χ2n) is 7.62. The summed E-state index contributed by atoms with van der Waals surface area (Å²) < 4.78 is 17.8. The van der Waals surface area contributed by atoms with Gasteiger partial charge in [0.05, 0.1) is 0 Å². The molecule has 5 atom stereocenters. The van der Waals surface area contributed by atoms with Crippen LogP contribution < -0.4 is 14.2 Å². The second kappa shape index (κ2) is 4.69. The van der Waals surface area contributed by atoms with E-state index in [1.807, 2.05) is 0 Å². The maximum atomic E-state index is 6.53. The van der Waals surface area contributed by atoms with E-state index in [1.54, 1.807) is 0 Å². The molecule has 2 aromatic rings. The molecule has 0 radical (unpaired) electrons. The molecular formula is C21H20O3. The minimum atomic E-state index is 0.312. The van der Waals surface area contributed by atoms with Gasteiger partial charge in [-0.1, -0.05) is 30.3 Å². The molecule has 2 heterocycles. The molecule has 0 saturated heterocycles. The third-order valence-corrected chi connectivity index (χ3v) is 6.55. The van der Waals surface area contributed by atoms with Crippen molar-refractivity contribution in [2.45, 2.75) is 31.3 Å². The molecule has 0 N–H and O–H groups in total. The summed E-state index contributed by atoms with van der Waals surface area (Å²) in [5.74, 6) is 5.21.